The number of nitrogens with one attached hydrogen (secondary N) is 1. The first-order chi connectivity index (χ1) is 37.7. The van der Waals surface area contributed by atoms with Gasteiger partial charge in [0, 0.05) is 6.42 Å². The summed E-state index contributed by atoms with van der Waals surface area (Å²) in [5.74, 6) is -1.27. The number of unbranched alkanes of at least 4 members (excludes halogenated alkanes) is 30. The Kier molecular flexibility index (Phi) is 49.9. The maximum atomic E-state index is 13.3. The molecule has 1 fully saturated rings. The number of carbonyl (C=O) groups excluding carboxylic acids is 2. The molecule has 6 N–H and O–H groups in total. The molecule has 1 saturated heterocycles. The zero-order valence-electron chi connectivity index (χ0n) is 49.1. The van der Waals surface area contributed by atoms with Crippen LogP contribution in [-0.4, -0.2) is 99.6 Å². The first-order valence-corrected chi connectivity index (χ1v) is 31.4. The summed E-state index contributed by atoms with van der Waals surface area (Å²) in [4.78, 5) is 26.5. The van der Waals surface area contributed by atoms with Crippen molar-refractivity contribution in [1.29, 1.82) is 0 Å². The SMILES string of the molecule is CC/C=C/C=C/C=C\C=C/C=C/CCC(O)C(=O)NC(COC1OC(CO)C(O)C(O)C1OC(=O)CCCCCCCCCCCCCCCCC/C=C/CCCCCCCC)C(O)/C=C/CCCCCCCCCCC. The molecule has 8 atom stereocenters. The highest BCUT2D eigenvalue weighted by molar-refractivity contribution is 5.80. The quantitative estimate of drug-likeness (QED) is 0.0149. The van der Waals surface area contributed by atoms with Gasteiger partial charge < -0.3 is 45.1 Å². The van der Waals surface area contributed by atoms with Crippen molar-refractivity contribution in [1.82, 2.24) is 5.32 Å². The van der Waals surface area contributed by atoms with Crippen LogP contribution >= 0.6 is 0 Å². The van der Waals surface area contributed by atoms with Crippen molar-refractivity contribution in [3.05, 3.63) is 85.1 Å². The van der Waals surface area contributed by atoms with Crippen LogP contribution in [0.25, 0.3) is 0 Å². The van der Waals surface area contributed by atoms with Gasteiger partial charge in [-0.25, -0.2) is 0 Å². The highest BCUT2D eigenvalue weighted by Gasteiger charge is 2.47. The molecule has 0 radical (unpaired) electrons. The van der Waals surface area contributed by atoms with Gasteiger partial charge in [-0.3, -0.25) is 9.59 Å². The smallest absolute Gasteiger partial charge is 0.306 e. The predicted octanol–water partition coefficient (Wildman–Crippen LogP) is 14.9. The number of rotatable bonds is 52. The van der Waals surface area contributed by atoms with Crippen molar-refractivity contribution < 1.29 is 49.3 Å². The van der Waals surface area contributed by atoms with Crippen LogP contribution in [0, 0.1) is 0 Å². The van der Waals surface area contributed by atoms with Gasteiger partial charge in [0.05, 0.1) is 25.4 Å². The second-order valence-electron chi connectivity index (χ2n) is 21.5. The van der Waals surface area contributed by atoms with Gasteiger partial charge in [-0.15, -0.1) is 0 Å². The number of aliphatic hydroxyl groups is 5. The van der Waals surface area contributed by atoms with Gasteiger partial charge in [-0.2, -0.15) is 0 Å². The Morgan fingerprint density at radius 3 is 1.42 bits per heavy atom. The molecule has 1 rings (SSSR count). The molecule has 444 valence electrons. The number of amides is 1. The van der Waals surface area contributed by atoms with Crippen molar-refractivity contribution in [3.63, 3.8) is 0 Å². The van der Waals surface area contributed by atoms with E-state index < -0.39 is 67.4 Å². The maximum absolute atomic E-state index is 13.3. The summed E-state index contributed by atoms with van der Waals surface area (Å²) in [6, 6.07) is -1.06. The van der Waals surface area contributed by atoms with Crippen LogP contribution in [0.5, 0.6) is 0 Å². The van der Waals surface area contributed by atoms with E-state index >= 15 is 0 Å². The van der Waals surface area contributed by atoms with Crippen LogP contribution in [0.4, 0.5) is 0 Å². The molecule has 77 heavy (non-hydrogen) atoms. The molecule has 8 unspecified atom stereocenters. The van der Waals surface area contributed by atoms with Gasteiger partial charge in [0.1, 0.15) is 24.4 Å². The summed E-state index contributed by atoms with van der Waals surface area (Å²) in [5.41, 5.74) is 0. The number of ether oxygens (including phenoxy) is 3. The van der Waals surface area contributed by atoms with E-state index in [-0.39, 0.29) is 19.4 Å². The third-order valence-electron chi connectivity index (χ3n) is 14.4. The number of hydrogen-bond acceptors (Lipinski definition) is 10. The Labute approximate surface area is 470 Å². The van der Waals surface area contributed by atoms with Crippen molar-refractivity contribution in [3.8, 4) is 0 Å². The summed E-state index contributed by atoms with van der Waals surface area (Å²) in [6.07, 6.45) is 59.5. The molecule has 1 heterocycles. The molecule has 1 amide bonds. The number of hydrogen-bond donors (Lipinski definition) is 6. The minimum absolute atomic E-state index is 0.113. The molecule has 0 aliphatic carbocycles. The molecule has 0 aromatic heterocycles. The van der Waals surface area contributed by atoms with Crippen LogP contribution in [0.15, 0.2) is 85.1 Å². The number of aliphatic hydroxyl groups excluding tert-OH is 5. The topological polar surface area (TPSA) is 175 Å². The molecule has 1 aliphatic heterocycles. The van der Waals surface area contributed by atoms with Gasteiger partial charge >= 0.3 is 5.97 Å². The first kappa shape index (κ1) is 71.9. The molecule has 1 aliphatic rings. The Balaban J connectivity index is 2.59. The van der Waals surface area contributed by atoms with E-state index in [2.05, 4.69) is 44.3 Å². The molecule has 0 spiro atoms. The molecule has 0 aromatic rings. The van der Waals surface area contributed by atoms with Crippen LogP contribution in [0.2, 0.25) is 0 Å². The number of allylic oxidation sites excluding steroid dienone is 13. The van der Waals surface area contributed by atoms with E-state index in [1.807, 2.05) is 60.8 Å². The summed E-state index contributed by atoms with van der Waals surface area (Å²) in [6.45, 7) is 5.58. The Hall–Kier alpha value is -3.16. The second kappa shape index (κ2) is 53.5. The van der Waals surface area contributed by atoms with E-state index in [9.17, 15) is 35.1 Å². The third kappa shape index (κ3) is 41.5. The Bertz CT molecular complexity index is 1570. The largest absolute Gasteiger partial charge is 0.454 e. The monoisotopic (exact) mass is 1080 g/mol. The molecule has 0 bridgehead atoms. The molecular formula is C66H115NO10. The summed E-state index contributed by atoms with van der Waals surface area (Å²) in [5, 5.41) is 56.7. The lowest BCUT2D eigenvalue weighted by Crippen LogP contribution is -2.61. The lowest BCUT2D eigenvalue weighted by molar-refractivity contribution is -0.305. The lowest BCUT2D eigenvalue weighted by Gasteiger charge is -2.41. The summed E-state index contributed by atoms with van der Waals surface area (Å²) >= 11 is 0. The van der Waals surface area contributed by atoms with Gasteiger partial charge in [-0.05, 0) is 64.2 Å². The third-order valence-corrected chi connectivity index (χ3v) is 14.4. The van der Waals surface area contributed by atoms with Crippen molar-refractivity contribution >= 4 is 11.9 Å². The van der Waals surface area contributed by atoms with Crippen LogP contribution < -0.4 is 5.32 Å². The molecule has 11 heteroatoms. The predicted molar refractivity (Wildman–Crippen MR) is 319 cm³/mol. The van der Waals surface area contributed by atoms with E-state index in [4.69, 9.17) is 14.2 Å². The highest BCUT2D eigenvalue weighted by Crippen LogP contribution is 2.26. The van der Waals surface area contributed by atoms with E-state index in [1.54, 1.807) is 6.08 Å². The molecule has 11 nitrogen and oxygen atoms in total. The zero-order valence-corrected chi connectivity index (χ0v) is 49.1. The fourth-order valence-electron chi connectivity index (χ4n) is 9.44. The van der Waals surface area contributed by atoms with Crippen LogP contribution in [-0.2, 0) is 23.8 Å². The van der Waals surface area contributed by atoms with Gasteiger partial charge in [0.25, 0.3) is 0 Å². The highest BCUT2D eigenvalue weighted by atomic mass is 16.7. The van der Waals surface area contributed by atoms with E-state index in [1.165, 1.54) is 161 Å². The Morgan fingerprint density at radius 1 is 0.519 bits per heavy atom. The fraction of sp³-hybridized carbons (Fsp3) is 0.758. The minimum atomic E-state index is -1.63. The second-order valence-corrected chi connectivity index (χ2v) is 21.5. The summed E-state index contributed by atoms with van der Waals surface area (Å²) in [7, 11) is 0. The van der Waals surface area contributed by atoms with Crippen molar-refractivity contribution in [2.45, 2.75) is 307 Å². The van der Waals surface area contributed by atoms with Crippen LogP contribution in [0.3, 0.4) is 0 Å². The zero-order chi connectivity index (χ0) is 56.1. The van der Waals surface area contributed by atoms with Gasteiger partial charge in [-0.1, -0.05) is 273 Å². The maximum Gasteiger partial charge on any atom is 0.306 e. The van der Waals surface area contributed by atoms with Crippen molar-refractivity contribution in [2.75, 3.05) is 13.2 Å². The number of esters is 1. The standard InChI is InChI=1S/C66H115NO10/c1-4-7-10-13-16-19-22-24-25-26-27-28-29-30-31-32-33-34-35-36-39-42-45-48-51-54-61(71)77-64-63(73)62(72)60(55-68)76-66(64)75-56-57(58(69)52-49-46-43-40-37-21-18-15-12-9-6-3)67-65(74)59(70)53-50-47-44-41-38-23-20-17-14-11-8-5-2/h8,11,14,17,20,23-25,38,41,44,47,49,52,57-60,62-64,66,68-70,72-73H,4-7,9-10,12-13,15-16,18-19,21-22,26-37,39-40,42-43,45-46,48,50-51,53-56H2,1-3H3,(H,67,74)/b11-8+,17-14+,23-20-,25-24+,41-38-,47-44+,52-49+. The molecule has 0 aromatic carbocycles. The first-order valence-electron chi connectivity index (χ1n) is 31.4. The van der Waals surface area contributed by atoms with Crippen molar-refractivity contribution in [2.24, 2.45) is 0 Å². The Morgan fingerprint density at radius 2 is 0.948 bits per heavy atom. The minimum Gasteiger partial charge on any atom is -0.454 e. The normalized spacial score (nSPS) is 19.6. The summed E-state index contributed by atoms with van der Waals surface area (Å²) < 4.78 is 17.6. The van der Waals surface area contributed by atoms with E-state index in [0.717, 1.165) is 51.4 Å². The van der Waals surface area contributed by atoms with Gasteiger partial charge in [0.2, 0.25) is 5.91 Å². The van der Waals surface area contributed by atoms with Gasteiger partial charge in [0.15, 0.2) is 12.4 Å². The lowest BCUT2D eigenvalue weighted by atomic mass is 9.99. The molecular weight excluding hydrogens is 967 g/mol. The average molecular weight is 1080 g/mol. The van der Waals surface area contributed by atoms with E-state index in [0.29, 0.717) is 12.8 Å². The molecule has 0 saturated carbocycles. The van der Waals surface area contributed by atoms with Crippen LogP contribution in [0.1, 0.15) is 258 Å². The average Bonchev–Trinajstić information content (AvgIpc) is 3.43. The number of carbonyl (C=O) groups is 2. The fourth-order valence-corrected chi connectivity index (χ4v) is 9.44.